The molecule has 1 aliphatic heterocycles. The molecule has 1 aromatic rings. The lowest BCUT2D eigenvalue weighted by Crippen LogP contribution is -2.24. The van der Waals surface area contributed by atoms with Crippen molar-refractivity contribution in [2.75, 3.05) is 0 Å². The molecule has 1 aliphatic rings. The summed E-state index contributed by atoms with van der Waals surface area (Å²) in [4.78, 5) is 11.4. The minimum absolute atomic E-state index is 0.430. The Morgan fingerprint density at radius 3 is 3.08 bits per heavy atom. The predicted octanol–water partition coefficient (Wildman–Crippen LogP) is 1.36. The van der Waals surface area contributed by atoms with E-state index in [1.807, 2.05) is 6.07 Å². The monoisotopic (exact) mass is 196 g/mol. The molecule has 2 rings (SSSR count). The fraction of sp³-hybridized carbons (Fsp3) is 0.222. The zero-order valence-corrected chi connectivity index (χ0v) is 7.62. The van der Waals surface area contributed by atoms with Crippen molar-refractivity contribution < 1.29 is 14.6 Å². The zero-order valence-electron chi connectivity index (χ0n) is 6.73. The molecule has 0 spiro atoms. The number of aliphatic carboxylic acids is 1. The van der Waals surface area contributed by atoms with E-state index >= 15 is 0 Å². The summed E-state index contributed by atoms with van der Waals surface area (Å²) in [6, 6.07) is 5.37. The Balaban J connectivity index is 2.30. The summed E-state index contributed by atoms with van der Waals surface area (Å²) in [6.07, 6.45) is -0.302. The summed E-state index contributed by atoms with van der Waals surface area (Å²) in [6.45, 7) is 0. The molecule has 0 bridgehead atoms. The first-order valence-corrected chi connectivity index (χ1v) is 4.33. The van der Waals surface area contributed by atoms with Crippen molar-refractivity contribution in [1.82, 2.24) is 0 Å². The van der Waals surface area contributed by atoms with E-state index in [0.717, 1.165) is 10.5 Å². The van der Waals surface area contributed by atoms with Crippen molar-refractivity contribution in [2.45, 2.75) is 17.4 Å². The third-order valence-electron chi connectivity index (χ3n) is 1.99. The lowest BCUT2D eigenvalue weighted by Gasteiger charge is -2.02. The lowest BCUT2D eigenvalue weighted by atomic mass is 10.1. The van der Waals surface area contributed by atoms with Gasteiger partial charge in [0.1, 0.15) is 5.75 Å². The molecule has 1 aromatic carbocycles. The van der Waals surface area contributed by atoms with Crippen molar-refractivity contribution in [2.24, 2.45) is 0 Å². The first-order chi connectivity index (χ1) is 6.16. The summed E-state index contributed by atoms with van der Waals surface area (Å²) >= 11 is 4.16. The molecule has 13 heavy (non-hydrogen) atoms. The molecule has 0 radical (unpaired) electrons. The van der Waals surface area contributed by atoms with E-state index in [1.54, 1.807) is 12.1 Å². The Hall–Kier alpha value is -1.16. The molecule has 1 atom stereocenters. The van der Waals surface area contributed by atoms with Gasteiger partial charge in [0.15, 0.2) is 6.10 Å². The lowest BCUT2D eigenvalue weighted by molar-refractivity contribution is -0.144. The molecular weight excluding hydrogens is 188 g/mol. The summed E-state index contributed by atoms with van der Waals surface area (Å²) in [5.74, 6) is -0.262. The maximum atomic E-state index is 10.6. The van der Waals surface area contributed by atoms with Gasteiger partial charge in [-0.25, -0.2) is 4.79 Å². The van der Waals surface area contributed by atoms with Crippen LogP contribution in [0.2, 0.25) is 0 Å². The fourth-order valence-corrected chi connectivity index (χ4v) is 1.60. The molecule has 0 aromatic heterocycles. The normalized spacial score (nSPS) is 19.3. The van der Waals surface area contributed by atoms with Crippen LogP contribution in [0.15, 0.2) is 23.1 Å². The van der Waals surface area contributed by atoms with Crippen molar-refractivity contribution in [3.05, 3.63) is 23.8 Å². The highest BCUT2D eigenvalue weighted by Crippen LogP contribution is 2.30. The maximum Gasteiger partial charge on any atom is 0.345 e. The number of hydrogen-bond acceptors (Lipinski definition) is 3. The highest BCUT2D eigenvalue weighted by molar-refractivity contribution is 7.80. The summed E-state index contributed by atoms with van der Waals surface area (Å²) in [5.41, 5.74) is 0.917. The topological polar surface area (TPSA) is 46.5 Å². The second-order valence-corrected chi connectivity index (χ2v) is 3.46. The number of hydrogen-bond donors (Lipinski definition) is 2. The zero-order chi connectivity index (χ0) is 9.42. The van der Waals surface area contributed by atoms with Gasteiger partial charge in [-0.3, -0.25) is 0 Å². The quantitative estimate of drug-likeness (QED) is 0.667. The number of fused-ring (bicyclic) bond motifs is 1. The van der Waals surface area contributed by atoms with E-state index in [9.17, 15) is 4.79 Å². The average Bonchev–Trinajstić information content (AvgIpc) is 2.46. The molecule has 0 saturated carbocycles. The van der Waals surface area contributed by atoms with Crippen LogP contribution < -0.4 is 4.74 Å². The van der Waals surface area contributed by atoms with Gasteiger partial charge in [0.25, 0.3) is 0 Å². The van der Waals surface area contributed by atoms with Crippen LogP contribution in [0.3, 0.4) is 0 Å². The van der Waals surface area contributed by atoms with Crippen LogP contribution in [0.4, 0.5) is 0 Å². The summed E-state index contributed by atoms with van der Waals surface area (Å²) in [7, 11) is 0. The number of thiol groups is 1. The molecule has 0 saturated heterocycles. The van der Waals surface area contributed by atoms with E-state index in [0.29, 0.717) is 12.2 Å². The third-order valence-corrected chi connectivity index (χ3v) is 2.27. The van der Waals surface area contributed by atoms with Gasteiger partial charge in [0.2, 0.25) is 0 Å². The van der Waals surface area contributed by atoms with E-state index in [2.05, 4.69) is 12.6 Å². The molecule has 0 amide bonds. The molecule has 68 valence electrons. The van der Waals surface area contributed by atoms with Crippen LogP contribution in [0.5, 0.6) is 5.75 Å². The van der Waals surface area contributed by atoms with E-state index < -0.39 is 12.1 Å². The molecule has 1 N–H and O–H groups in total. The van der Waals surface area contributed by atoms with Gasteiger partial charge in [-0.15, -0.1) is 12.6 Å². The van der Waals surface area contributed by atoms with Crippen LogP contribution in [0.25, 0.3) is 0 Å². The Bertz CT molecular complexity index is 362. The number of ether oxygens (including phenoxy) is 1. The average molecular weight is 196 g/mol. The van der Waals surface area contributed by atoms with Crippen LogP contribution in [-0.2, 0) is 11.2 Å². The molecule has 0 fully saturated rings. The van der Waals surface area contributed by atoms with Crippen LogP contribution in [-0.4, -0.2) is 17.2 Å². The first-order valence-electron chi connectivity index (χ1n) is 3.88. The van der Waals surface area contributed by atoms with Gasteiger partial charge >= 0.3 is 5.97 Å². The number of carbonyl (C=O) groups is 1. The Morgan fingerprint density at radius 1 is 1.62 bits per heavy atom. The number of rotatable bonds is 1. The smallest absolute Gasteiger partial charge is 0.345 e. The molecule has 3 nitrogen and oxygen atoms in total. The van der Waals surface area contributed by atoms with Crippen LogP contribution in [0.1, 0.15) is 5.56 Å². The highest BCUT2D eigenvalue weighted by atomic mass is 32.1. The molecule has 0 aliphatic carbocycles. The number of carboxylic acid groups (broad SMARTS) is 1. The van der Waals surface area contributed by atoms with Crippen molar-refractivity contribution in [1.29, 1.82) is 0 Å². The Morgan fingerprint density at radius 2 is 2.38 bits per heavy atom. The first kappa shape index (κ1) is 8.44. The van der Waals surface area contributed by atoms with Gasteiger partial charge in [-0.05, 0) is 23.8 Å². The van der Waals surface area contributed by atoms with Gasteiger partial charge < -0.3 is 9.84 Å². The fourth-order valence-electron chi connectivity index (χ4n) is 1.37. The summed E-state index contributed by atoms with van der Waals surface area (Å²) < 4.78 is 5.19. The Kier molecular flexibility index (Phi) is 1.92. The van der Waals surface area contributed by atoms with Crippen molar-refractivity contribution in [3.8, 4) is 5.75 Å². The maximum absolute atomic E-state index is 10.6. The van der Waals surface area contributed by atoms with Crippen LogP contribution >= 0.6 is 12.6 Å². The summed E-state index contributed by atoms with van der Waals surface area (Å²) in [5, 5.41) is 8.71. The van der Waals surface area contributed by atoms with Crippen molar-refractivity contribution >= 4 is 18.6 Å². The Labute approximate surface area is 80.7 Å². The van der Waals surface area contributed by atoms with Crippen molar-refractivity contribution in [3.63, 3.8) is 0 Å². The minimum atomic E-state index is -0.920. The van der Waals surface area contributed by atoms with Crippen LogP contribution in [0, 0.1) is 0 Å². The molecule has 4 heteroatoms. The van der Waals surface area contributed by atoms with E-state index in [1.165, 1.54) is 0 Å². The van der Waals surface area contributed by atoms with Gasteiger partial charge in [0.05, 0.1) is 0 Å². The second kappa shape index (κ2) is 2.96. The molecule has 1 heterocycles. The van der Waals surface area contributed by atoms with E-state index in [-0.39, 0.29) is 0 Å². The largest absolute Gasteiger partial charge is 0.478 e. The molecular formula is C9H8O3S. The molecule has 1 unspecified atom stereocenters. The number of carboxylic acids is 1. The highest BCUT2D eigenvalue weighted by Gasteiger charge is 2.28. The van der Waals surface area contributed by atoms with E-state index in [4.69, 9.17) is 9.84 Å². The predicted molar refractivity (Wildman–Crippen MR) is 49.4 cm³/mol. The number of benzene rings is 1. The second-order valence-electron chi connectivity index (χ2n) is 2.94. The van der Waals surface area contributed by atoms with Gasteiger partial charge in [0, 0.05) is 11.3 Å². The standard InChI is InChI=1S/C9H8O3S/c10-9(11)8-4-5-3-6(13)1-2-7(5)12-8/h1-3,8,13H,4H2,(H,10,11). The third kappa shape index (κ3) is 1.49. The van der Waals surface area contributed by atoms with Gasteiger partial charge in [-0.1, -0.05) is 0 Å². The van der Waals surface area contributed by atoms with Gasteiger partial charge in [-0.2, -0.15) is 0 Å². The SMILES string of the molecule is O=C(O)C1Cc2cc(S)ccc2O1. The minimum Gasteiger partial charge on any atom is -0.478 e.